The Morgan fingerprint density at radius 3 is 2.64 bits per heavy atom. The van der Waals surface area contributed by atoms with Gasteiger partial charge in [-0.05, 0) is 17.8 Å². The molecule has 11 nitrogen and oxygen atoms in total. The number of hydrogen-bond acceptors (Lipinski definition) is 10. The average molecular weight is 591 g/mol. The maximum atomic E-state index is 13.1. The minimum absolute atomic E-state index is 0.103. The van der Waals surface area contributed by atoms with Gasteiger partial charge in [0.1, 0.15) is 29.5 Å². The van der Waals surface area contributed by atoms with Crippen LogP contribution in [0.25, 0.3) is 0 Å². The first-order valence-electron chi connectivity index (χ1n) is 12.6. The predicted molar refractivity (Wildman–Crippen MR) is 151 cm³/mol. The standard InChI is InChI=1S/C25H30N6O5S3/c1-16(32)36-13-18-14-39-23-20(22(33)31(23)21(18)24(34)35)26-15-30-25(37)29(11-17-5-3-2-4-6-17)19(27-30)12-28-7-9-38-10-8-28/h2-6,20,23,26H,7-15H2,1H3,(H,34,35)/t20-,23-/m1/s1. The van der Waals surface area contributed by atoms with Crippen molar-refractivity contribution in [2.24, 2.45) is 0 Å². The molecule has 2 atom stereocenters. The Morgan fingerprint density at radius 1 is 1.21 bits per heavy atom. The van der Waals surface area contributed by atoms with Gasteiger partial charge >= 0.3 is 11.9 Å². The molecule has 4 heterocycles. The van der Waals surface area contributed by atoms with Crippen LogP contribution in [0, 0.1) is 4.77 Å². The summed E-state index contributed by atoms with van der Waals surface area (Å²) in [7, 11) is 0. The lowest BCUT2D eigenvalue weighted by molar-refractivity contribution is -0.149. The molecule has 0 radical (unpaired) electrons. The number of esters is 1. The third kappa shape index (κ3) is 6.09. The van der Waals surface area contributed by atoms with Crippen LogP contribution < -0.4 is 5.32 Å². The van der Waals surface area contributed by atoms with Crippen LogP contribution in [0.5, 0.6) is 0 Å². The summed E-state index contributed by atoms with van der Waals surface area (Å²) >= 11 is 9.22. The fraction of sp³-hybridized carbons (Fsp3) is 0.480. The molecular weight excluding hydrogens is 561 g/mol. The van der Waals surface area contributed by atoms with Crippen LogP contribution in [-0.2, 0) is 38.9 Å². The zero-order chi connectivity index (χ0) is 27.5. The fourth-order valence-corrected chi connectivity index (χ4v) is 7.42. The number of ether oxygens (including phenoxy) is 1. The first-order valence-corrected chi connectivity index (χ1v) is 15.2. The summed E-state index contributed by atoms with van der Waals surface area (Å²) in [6.07, 6.45) is 0. The Hall–Kier alpha value is -2.65. The summed E-state index contributed by atoms with van der Waals surface area (Å²) in [5.41, 5.74) is 1.43. The van der Waals surface area contributed by atoms with E-state index in [1.54, 1.807) is 4.68 Å². The lowest BCUT2D eigenvalue weighted by Gasteiger charge is -2.49. The number of nitrogens with one attached hydrogen (secondary N) is 1. The number of hydrogen-bond donors (Lipinski definition) is 2. The van der Waals surface area contributed by atoms with Crippen LogP contribution in [0.2, 0.25) is 0 Å². The highest BCUT2D eigenvalue weighted by Gasteiger charge is 2.53. The van der Waals surface area contributed by atoms with Gasteiger partial charge in [0.2, 0.25) is 5.91 Å². The van der Waals surface area contributed by atoms with E-state index in [1.807, 2.05) is 34.5 Å². The number of β-lactam (4-membered cyclic amide) rings is 1. The van der Waals surface area contributed by atoms with Crippen LogP contribution in [0.4, 0.5) is 0 Å². The Labute approximate surface area is 239 Å². The lowest BCUT2D eigenvalue weighted by Crippen LogP contribution is -2.70. The molecule has 208 valence electrons. The van der Waals surface area contributed by atoms with E-state index < -0.39 is 18.0 Å². The smallest absolute Gasteiger partial charge is 0.352 e. The minimum atomic E-state index is -1.21. The van der Waals surface area contributed by atoms with Crippen LogP contribution >= 0.6 is 35.7 Å². The third-order valence-corrected chi connectivity index (χ3v) is 9.53. The molecule has 0 spiro atoms. The second-order valence-electron chi connectivity index (χ2n) is 9.45. The van der Waals surface area contributed by atoms with Crippen molar-refractivity contribution in [1.82, 2.24) is 29.5 Å². The lowest BCUT2D eigenvalue weighted by atomic mass is 10.0. The average Bonchev–Trinajstić information content (AvgIpc) is 3.21. The highest BCUT2D eigenvalue weighted by Crippen LogP contribution is 2.40. The van der Waals surface area contributed by atoms with Crippen molar-refractivity contribution >= 4 is 53.6 Å². The summed E-state index contributed by atoms with van der Waals surface area (Å²) in [6, 6.07) is 9.52. The number of carbonyl (C=O) groups is 3. The zero-order valence-corrected chi connectivity index (χ0v) is 23.9. The number of benzene rings is 1. The maximum absolute atomic E-state index is 13.1. The Morgan fingerprint density at radius 2 is 1.95 bits per heavy atom. The summed E-state index contributed by atoms with van der Waals surface area (Å²) in [5.74, 6) is 1.36. The van der Waals surface area contributed by atoms with Crippen LogP contribution in [0.15, 0.2) is 41.6 Å². The molecule has 5 rings (SSSR count). The van der Waals surface area contributed by atoms with Crippen molar-refractivity contribution in [3.63, 3.8) is 0 Å². The monoisotopic (exact) mass is 590 g/mol. The van der Waals surface area contributed by atoms with E-state index >= 15 is 0 Å². The molecule has 3 aliphatic rings. The Bertz CT molecular complexity index is 1340. The first-order chi connectivity index (χ1) is 18.8. The number of aromatic nitrogens is 3. The highest BCUT2D eigenvalue weighted by atomic mass is 32.2. The largest absolute Gasteiger partial charge is 0.477 e. The summed E-state index contributed by atoms with van der Waals surface area (Å²) in [4.78, 5) is 39.9. The summed E-state index contributed by atoms with van der Waals surface area (Å²) in [6.45, 7) is 4.62. The van der Waals surface area contributed by atoms with Crippen molar-refractivity contribution in [3.05, 3.63) is 57.8 Å². The number of thioether (sulfide) groups is 2. The first kappa shape index (κ1) is 27.9. The molecule has 1 aromatic heterocycles. The molecule has 3 aliphatic heterocycles. The number of aliphatic carboxylic acids is 1. The second-order valence-corrected chi connectivity index (χ2v) is 12.1. The molecule has 1 amide bonds. The van der Waals surface area contributed by atoms with E-state index in [9.17, 15) is 19.5 Å². The molecular formula is C25H30N6O5S3. The van der Waals surface area contributed by atoms with Crippen LogP contribution in [0.3, 0.4) is 0 Å². The van der Waals surface area contributed by atoms with Gasteiger partial charge < -0.3 is 9.84 Å². The third-order valence-electron chi connectivity index (χ3n) is 6.81. The number of nitrogens with zero attached hydrogens (tertiary/aromatic N) is 5. The fourth-order valence-electron chi connectivity index (χ4n) is 4.81. The van der Waals surface area contributed by atoms with Gasteiger partial charge in [-0.1, -0.05) is 30.3 Å². The van der Waals surface area contributed by atoms with E-state index in [4.69, 9.17) is 22.1 Å². The van der Waals surface area contributed by atoms with Gasteiger partial charge in [-0.3, -0.25) is 29.3 Å². The highest BCUT2D eigenvalue weighted by molar-refractivity contribution is 8.00. The van der Waals surface area contributed by atoms with E-state index in [0.29, 0.717) is 29.2 Å². The van der Waals surface area contributed by atoms with Crippen molar-refractivity contribution in [2.75, 3.05) is 37.0 Å². The molecule has 0 saturated carbocycles. The number of carbonyl (C=O) groups excluding carboxylic acids is 2. The van der Waals surface area contributed by atoms with Gasteiger partial charge in [0.25, 0.3) is 0 Å². The molecule has 0 unspecified atom stereocenters. The molecule has 1 aromatic carbocycles. The molecule has 0 aliphatic carbocycles. The second kappa shape index (κ2) is 12.3. The van der Waals surface area contributed by atoms with Crippen LogP contribution in [0.1, 0.15) is 18.3 Å². The van der Waals surface area contributed by atoms with E-state index in [0.717, 1.165) is 36.0 Å². The van der Waals surface area contributed by atoms with Gasteiger partial charge in [-0.15, -0.1) is 11.8 Å². The SMILES string of the molecule is CC(=O)OCC1=C(C(=O)O)N2C(=O)[C@@H](NCn3nc(CN4CCSCC4)n(Cc4ccccc4)c3=S)[C@H]2SC1. The molecule has 2 N–H and O–H groups in total. The van der Waals surface area contributed by atoms with E-state index in [1.165, 1.54) is 23.6 Å². The van der Waals surface area contributed by atoms with Crippen molar-refractivity contribution in [3.8, 4) is 0 Å². The molecule has 2 aromatic rings. The summed E-state index contributed by atoms with van der Waals surface area (Å²) in [5, 5.41) is 17.5. The van der Waals surface area contributed by atoms with Gasteiger partial charge in [0, 0.05) is 42.8 Å². The number of rotatable bonds is 10. The molecule has 2 saturated heterocycles. The van der Waals surface area contributed by atoms with Crippen LogP contribution in [-0.4, -0.2) is 95.5 Å². The number of fused-ring (bicyclic) bond motifs is 1. The van der Waals surface area contributed by atoms with E-state index in [-0.39, 0.29) is 30.3 Å². The van der Waals surface area contributed by atoms with Crippen molar-refractivity contribution < 1.29 is 24.2 Å². The number of carboxylic acid groups (broad SMARTS) is 1. The van der Waals surface area contributed by atoms with Crippen molar-refractivity contribution in [1.29, 1.82) is 0 Å². The Kier molecular flexibility index (Phi) is 8.76. The van der Waals surface area contributed by atoms with Crippen molar-refractivity contribution in [2.45, 2.75) is 38.1 Å². The number of amides is 1. The van der Waals surface area contributed by atoms with Gasteiger partial charge in [-0.2, -0.15) is 16.9 Å². The van der Waals surface area contributed by atoms with E-state index in [2.05, 4.69) is 22.3 Å². The number of carboxylic acids is 1. The topological polar surface area (TPSA) is 122 Å². The molecule has 2 fully saturated rings. The predicted octanol–water partition coefficient (Wildman–Crippen LogP) is 1.74. The van der Waals surface area contributed by atoms with Gasteiger partial charge in [0.15, 0.2) is 4.77 Å². The maximum Gasteiger partial charge on any atom is 0.352 e. The van der Waals surface area contributed by atoms with Gasteiger partial charge in [-0.25, -0.2) is 9.48 Å². The normalized spacial score (nSPS) is 21.5. The molecule has 14 heteroatoms. The minimum Gasteiger partial charge on any atom is -0.477 e. The summed E-state index contributed by atoms with van der Waals surface area (Å²) < 4.78 is 9.31. The Balaban J connectivity index is 1.31. The van der Waals surface area contributed by atoms with Gasteiger partial charge in [0.05, 0.1) is 19.8 Å². The molecule has 39 heavy (non-hydrogen) atoms. The zero-order valence-electron chi connectivity index (χ0n) is 21.4. The quantitative estimate of drug-likeness (QED) is 0.239. The molecule has 0 bridgehead atoms.